The lowest BCUT2D eigenvalue weighted by atomic mass is 10.2. The maximum Gasteiger partial charge on any atom is 0.320 e. The third kappa shape index (κ3) is 5.94. The van der Waals surface area contributed by atoms with Gasteiger partial charge in [-0.05, 0) is 24.5 Å². The first kappa shape index (κ1) is 10.5. The predicted molar refractivity (Wildman–Crippen MR) is 47.5 cm³/mol. The van der Waals surface area contributed by atoms with Gasteiger partial charge in [0, 0.05) is 0 Å². The molecule has 0 fully saturated rings. The molecule has 64 valence electrons. The average molecular weight is 175 g/mol. The molecule has 0 aromatic carbocycles. The molecular formula is C7H13NO2S. The molecule has 1 atom stereocenters. The Labute approximate surface area is 70.7 Å². The summed E-state index contributed by atoms with van der Waals surface area (Å²) in [4.78, 5) is 10.2. The molecule has 3 N–H and O–H groups in total. The van der Waals surface area contributed by atoms with Gasteiger partial charge >= 0.3 is 5.97 Å². The topological polar surface area (TPSA) is 63.3 Å². The lowest BCUT2D eigenvalue weighted by Gasteiger charge is -2.02. The van der Waals surface area contributed by atoms with E-state index in [1.165, 1.54) is 0 Å². The van der Waals surface area contributed by atoms with Gasteiger partial charge in [0.25, 0.3) is 0 Å². The summed E-state index contributed by atoms with van der Waals surface area (Å²) < 4.78 is 0. The minimum atomic E-state index is -0.925. The van der Waals surface area contributed by atoms with Gasteiger partial charge in [-0.1, -0.05) is 6.08 Å². The van der Waals surface area contributed by atoms with Crippen LogP contribution in [0.15, 0.2) is 11.5 Å². The van der Waals surface area contributed by atoms with Crippen LogP contribution in [0.4, 0.5) is 0 Å². The monoisotopic (exact) mass is 175 g/mol. The van der Waals surface area contributed by atoms with E-state index in [0.717, 1.165) is 5.75 Å². The van der Waals surface area contributed by atoms with E-state index in [4.69, 9.17) is 10.8 Å². The van der Waals surface area contributed by atoms with Crippen LogP contribution >= 0.6 is 11.8 Å². The van der Waals surface area contributed by atoms with Crippen molar-refractivity contribution in [3.05, 3.63) is 11.5 Å². The first-order chi connectivity index (χ1) is 5.18. The smallest absolute Gasteiger partial charge is 0.320 e. The van der Waals surface area contributed by atoms with Crippen molar-refractivity contribution in [3.63, 3.8) is 0 Å². The van der Waals surface area contributed by atoms with Crippen LogP contribution in [0.3, 0.4) is 0 Å². The van der Waals surface area contributed by atoms with E-state index in [2.05, 4.69) is 0 Å². The van der Waals surface area contributed by atoms with Crippen LogP contribution in [-0.2, 0) is 4.79 Å². The van der Waals surface area contributed by atoms with Crippen molar-refractivity contribution in [2.24, 2.45) is 5.73 Å². The molecule has 0 aliphatic rings. The molecular weight excluding hydrogens is 162 g/mol. The van der Waals surface area contributed by atoms with Crippen molar-refractivity contribution in [2.75, 3.05) is 5.75 Å². The third-order valence-corrected chi connectivity index (χ3v) is 2.03. The van der Waals surface area contributed by atoms with E-state index < -0.39 is 12.0 Å². The Bertz CT molecular complexity index is 147. The van der Waals surface area contributed by atoms with E-state index in [1.54, 1.807) is 11.8 Å². The summed E-state index contributed by atoms with van der Waals surface area (Å²) in [7, 11) is 0. The van der Waals surface area contributed by atoms with Gasteiger partial charge in [-0.25, -0.2) is 0 Å². The molecule has 3 nitrogen and oxygen atoms in total. The number of nitrogens with two attached hydrogens (primary N) is 1. The van der Waals surface area contributed by atoms with Crippen LogP contribution in [0.25, 0.3) is 0 Å². The van der Waals surface area contributed by atoms with Crippen LogP contribution < -0.4 is 5.73 Å². The van der Waals surface area contributed by atoms with Crippen LogP contribution in [0, 0.1) is 0 Å². The molecule has 0 amide bonds. The first-order valence-electron chi connectivity index (χ1n) is 3.39. The van der Waals surface area contributed by atoms with Crippen LogP contribution in [0.2, 0.25) is 0 Å². The summed E-state index contributed by atoms with van der Waals surface area (Å²) in [5.41, 5.74) is 5.26. The van der Waals surface area contributed by atoms with E-state index in [-0.39, 0.29) is 0 Å². The summed E-state index contributed by atoms with van der Waals surface area (Å²) in [6, 6.07) is -0.715. The second-order valence-electron chi connectivity index (χ2n) is 2.07. The SMILES string of the molecule is C/C=C/SCC[C@H](N)C(=O)O. The van der Waals surface area contributed by atoms with Gasteiger partial charge in [-0.15, -0.1) is 11.8 Å². The molecule has 0 unspecified atom stereocenters. The zero-order valence-electron chi connectivity index (χ0n) is 6.49. The molecule has 0 aliphatic heterocycles. The van der Waals surface area contributed by atoms with Crippen molar-refractivity contribution in [2.45, 2.75) is 19.4 Å². The van der Waals surface area contributed by atoms with Crippen molar-refractivity contribution >= 4 is 17.7 Å². The molecule has 0 aliphatic carbocycles. The maximum absolute atomic E-state index is 10.2. The van der Waals surface area contributed by atoms with Gasteiger partial charge in [-0.2, -0.15) is 0 Å². The van der Waals surface area contributed by atoms with E-state index in [0.29, 0.717) is 6.42 Å². The molecule has 0 heterocycles. The lowest BCUT2D eigenvalue weighted by Crippen LogP contribution is -2.30. The maximum atomic E-state index is 10.2. The number of carbonyl (C=O) groups is 1. The Balaban J connectivity index is 3.31. The van der Waals surface area contributed by atoms with Gasteiger partial charge in [-0.3, -0.25) is 4.79 Å². The standard InChI is InChI=1S/C7H13NO2S/c1-2-4-11-5-3-6(8)7(9)10/h2,4,6H,3,5,8H2,1H3,(H,9,10)/b4-2+/t6-/m0/s1. The molecule has 0 aromatic rings. The van der Waals surface area contributed by atoms with Crippen LogP contribution in [-0.4, -0.2) is 22.9 Å². The summed E-state index contributed by atoms with van der Waals surface area (Å²) >= 11 is 1.58. The second kappa shape index (κ2) is 6.24. The van der Waals surface area contributed by atoms with Gasteiger partial charge < -0.3 is 10.8 Å². The predicted octanol–water partition coefficient (Wildman–Crippen LogP) is 1.06. The minimum Gasteiger partial charge on any atom is -0.480 e. The van der Waals surface area contributed by atoms with E-state index in [1.807, 2.05) is 18.4 Å². The van der Waals surface area contributed by atoms with Crippen LogP contribution in [0.1, 0.15) is 13.3 Å². The highest BCUT2D eigenvalue weighted by Crippen LogP contribution is 2.05. The number of carboxylic acids is 1. The molecule has 0 aromatic heterocycles. The number of thioether (sulfide) groups is 1. The highest BCUT2D eigenvalue weighted by Gasteiger charge is 2.09. The first-order valence-corrected chi connectivity index (χ1v) is 4.44. The van der Waals surface area contributed by atoms with Crippen molar-refractivity contribution < 1.29 is 9.90 Å². The summed E-state index contributed by atoms with van der Waals surface area (Å²) in [5, 5.41) is 10.3. The normalized spacial score (nSPS) is 13.6. The van der Waals surface area contributed by atoms with Gasteiger partial charge in [0.1, 0.15) is 6.04 Å². The van der Waals surface area contributed by atoms with Gasteiger partial charge in [0.15, 0.2) is 0 Å². The van der Waals surface area contributed by atoms with Crippen LogP contribution in [0.5, 0.6) is 0 Å². The van der Waals surface area contributed by atoms with E-state index in [9.17, 15) is 4.79 Å². The lowest BCUT2D eigenvalue weighted by molar-refractivity contribution is -0.138. The zero-order valence-corrected chi connectivity index (χ0v) is 7.30. The highest BCUT2D eigenvalue weighted by atomic mass is 32.2. The Morgan fingerprint density at radius 3 is 2.91 bits per heavy atom. The molecule has 0 saturated carbocycles. The number of carboxylic acid groups (broad SMARTS) is 1. The second-order valence-corrected chi connectivity index (χ2v) is 3.09. The Hall–Kier alpha value is -0.480. The summed E-state index contributed by atoms with van der Waals surface area (Å²) in [6.45, 7) is 1.92. The largest absolute Gasteiger partial charge is 0.480 e. The number of hydrogen-bond acceptors (Lipinski definition) is 3. The molecule has 0 bridgehead atoms. The molecule has 0 spiro atoms. The Morgan fingerprint density at radius 1 is 1.82 bits per heavy atom. The van der Waals surface area contributed by atoms with Crippen molar-refractivity contribution in [1.82, 2.24) is 0 Å². The fraction of sp³-hybridized carbons (Fsp3) is 0.571. The molecule has 0 rings (SSSR count). The fourth-order valence-electron chi connectivity index (χ4n) is 0.483. The number of rotatable bonds is 5. The summed E-state index contributed by atoms with van der Waals surface area (Å²) in [5.74, 6) is -0.163. The molecule has 0 saturated heterocycles. The summed E-state index contributed by atoms with van der Waals surface area (Å²) in [6.07, 6.45) is 2.43. The minimum absolute atomic E-state index is 0.518. The number of allylic oxidation sites excluding steroid dienone is 1. The number of hydrogen-bond donors (Lipinski definition) is 2. The molecule has 4 heteroatoms. The van der Waals surface area contributed by atoms with E-state index >= 15 is 0 Å². The molecule has 0 radical (unpaired) electrons. The van der Waals surface area contributed by atoms with Gasteiger partial charge in [0.2, 0.25) is 0 Å². The molecule has 11 heavy (non-hydrogen) atoms. The Morgan fingerprint density at radius 2 is 2.45 bits per heavy atom. The Kier molecular flexibility index (Phi) is 5.97. The van der Waals surface area contributed by atoms with Gasteiger partial charge in [0.05, 0.1) is 0 Å². The number of aliphatic carboxylic acids is 1. The van der Waals surface area contributed by atoms with Crippen molar-refractivity contribution in [3.8, 4) is 0 Å². The fourth-order valence-corrected chi connectivity index (χ4v) is 1.20. The zero-order chi connectivity index (χ0) is 8.69. The quantitative estimate of drug-likeness (QED) is 0.613. The average Bonchev–Trinajstić information content (AvgIpc) is 1.97. The highest BCUT2D eigenvalue weighted by molar-refractivity contribution is 8.02. The third-order valence-electron chi connectivity index (χ3n) is 1.10. The van der Waals surface area contributed by atoms with Crippen molar-refractivity contribution in [1.29, 1.82) is 0 Å².